The first kappa shape index (κ1) is 14.1. The Balaban J connectivity index is 2.17. The van der Waals surface area contributed by atoms with E-state index in [1.165, 1.54) is 13.2 Å². The predicted octanol–water partition coefficient (Wildman–Crippen LogP) is 3.53. The fourth-order valence-corrected chi connectivity index (χ4v) is 1.89. The molecule has 0 fully saturated rings. The van der Waals surface area contributed by atoms with Gasteiger partial charge >= 0.3 is 5.97 Å². The van der Waals surface area contributed by atoms with Gasteiger partial charge in [-0.15, -0.1) is 0 Å². The summed E-state index contributed by atoms with van der Waals surface area (Å²) in [5.74, 6) is -0.638. The van der Waals surface area contributed by atoms with Gasteiger partial charge in [0.1, 0.15) is 5.82 Å². The monoisotopic (exact) mass is 273 g/mol. The Hall–Kier alpha value is -2.36. The van der Waals surface area contributed by atoms with Crippen molar-refractivity contribution in [1.29, 1.82) is 0 Å². The number of methoxy groups -OCH3 is 1. The number of benzene rings is 2. The molecule has 2 aromatic rings. The van der Waals surface area contributed by atoms with E-state index in [-0.39, 0.29) is 11.8 Å². The van der Waals surface area contributed by atoms with Crippen molar-refractivity contribution < 1.29 is 13.9 Å². The lowest BCUT2D eigenvalue weighted by Gasteiger charge is -2.11. The van der Waals surface area contributed by atoms with Gasteiger partial charge in [-0.25, -0.2) is 9.18 Å². The van der Waals surface area contributed by atoms with Crippen LogP contribution in [0, 0.1) is 12.7 Å². The molecule has 0 atom stereocenters. The molecule has 0 amide bonds. The van der Waals surface area contributed by atoms with E-state index in [4.69, 9.17) is 0 Å². The number of aryl methyl sites for hydroxylation is 1. The molecule has 0 heterocycles. The fourth-order valence-electron chi connectivity index (χ4n) is 1.89. The predicted molar refractivity (Wildman–Crippen MR) is 76.2 cm³/mol. The molecule has 0 aliphatic heterocycles. The van der Waals surface area contributed by atoms with Gasteiger partial charge in [0.25, 0.3) is 0 Å². The van der Waals surface area contributed by atoms with E-state index in [1.807, 2.05) is 13.0 Å². The Morgan fingerprint density at radius 3 is 2.70 bits per heavy atom. The third-order valence-electron chi connectivity index (χ3n) is 3.09. The molecule has 1 N–H and O–H groups in total. The molecule has 0 aromatic heterocycles. The van der Waals surface area contributed by atoms with Crippen molar-refractivity contribution >= 4 is 11.7 Å². The van der Waals surface area contributed by atoms with Crippen molar-refractivity contribution in [2.45, 2.75) is 13.5 Å². The Labute approximate surface area is 117 Å². The van der Waals surface area contributed by atoms with Gasteiger partial charge in [-0.2, -0.15) is 0 Å². The second-order valence-electron chi connectivity index (χ2n) is 4.47. The summed E-state index contributed by atoms with van der Waals surface area (Å²) in [6.07, 6.45) is 0. The maximum atomic E-state index is 13.5. The number of ether oxygens (including phenoxy) is 1. The summed E-state index contributed by atoms with van der Waals surface area (Å²) in [4.78, 5) is 11.5. The summed E-state index contributed by atoms with van der Waals surface area (Å²) in [5, 5.41) is 3.14. The first-order chi connectivity index (χ1) is 9.61. The molecule has 2 rings (SSSR count). The Bertz CT molecular complexity index is 626. The maximum absolute atomic E-state index is 13.5. The summed E-state index contributed by atoms with van der Waals surface area (Å²) in [5.41, 5.74) is 2.81. The van der Waals surface area contributed by atoms with Crippen molar-refractivity contribution in [3.63, 3.8) is 0 Å². The molecule has 0 spiro atoms. The van der Waals surface area contributed by atoms with Gasteiger partial charge in [-0.1, -0.05) is 24.3 Å². The molecule has 4 heteroatoms. The molecule has 0 unspecified atom stereocenters. The van der Waals surface area contributed by atoms with Crippen molar-refractivity contribution in [3.05, 3.63) is 65.0 Å². The van der Waals surface area contributed by atoms with Crippen LogP contribution in [0.4, 0.5) is 10.1 Å². The third kappa shape index (κ3) is 3.15. The van der Waals surface area contributed by atoms with Crippen LogP contribution in [-0.4, -0.2) is 13.1 Å². The van der Waals surface area contributed by atoms with Crippen LogP contribution >= 0.6 is 0 Å². The molecular formula is C16H16FNO2. The molecule has 3 nitrogen and oxygen atoms in total. The molecular weight excluding hydrogens is 257 g/mol. The van der Waals surface area contributed by atoms with E-state index < -0.39 is 0 Å². The highest BCUT2D eigenvalue weighted by molar-refractivity contribution is 5.90. The standard InChI is InChI=1S/C16H16FNO2/c1-11-7-8-12(16(19)20-2)9-15(11)18-10-13-5-3-4-6-14(13)17/h3-9,18H,10H2,1-2H3. The number of hydrogen-bond acceptors (Lipinski definition) is 3. The van der Waals surface area contributed by atoms with Crippen LogP contribution in [0.2, 0.25) is 0 Å². The first-order valence-electron chi connectivity index (χ1n) is 6.28. The number of esters is 1. The molecule has 0 saturated carbocycles. The molecule has 0 aliphatic carbocycles. The second-order valence-corrected chi connectivity index (χ2v) is 4.47. The summed E-state index contributed by atoms with van der Waals surface area (Å²) >= 11 is 0. The highest BCUT2D eigenvalue weighted by Crippen LogP contribution is 2.19. The smallest absolute Gasteiger partial charge is 0.337 e. The van der Waals surface area contributed by atoms with Crippen LogP contribution in [0.1, 0.15) is 21.5 Å². The Kier molecular flexibility index (Phi) is 4.35. The molecule has 0 saturated heterocycles. The van der Waals surface area contributed by atoms with E-state index in [0.717, 1.165) is 11.3 Å². The summed E-state index contributed by atoms with van der Waals surface area (Å²) in [6, 6.07) is 11.8. The van der Waals surface area contributed by atoms with Crippen LogP contribution in [0.3, 0.4) is 0 Å². The van der Waals surface area contributed by atoms with Gasteiger partial charge < -0.3 is 10.1 Å². The maximum Gasteiger partial charge on any atom is 0.337 e. The number of nitrogens with one attached hydrogen (secondary N) is 1. The zero-order valence-corrected chi connectivity index (χ0v) is 11.4. The van der Waals surface area contributed by atoms with E-state index in [2.05, 4.69) is 10.1 Å². The van der Waals surface area contributed by atoms with Crippen LogP contribution in [0.5, 0.6) is 0 Å². The highest BCUT2D eigenvalue weighted by atomic mass is 19.1. The number of rotatable bonds is 4. The minimum Gasteiger partial charge on any atom is -0.465 e. The zero-order chi connectivity index (χ0) is 14.5. The quantitative estimate of drug-likeness (QED) is 0.866. The van der Waals surface area contributed by atoms with Gasteiger partial charge in [-0.05, 0) is 30.7 Å². The average molecular weight is 273 g/mol. The Morgan fingerprint density at radius 2 is 2.00 bits per heavy atom. The molecule has 0 radical (unpaired) electrons. The van der Waals surface area contributed by atoms with Gasteiger partial charge in [-0.3, -0.25) is 0 Å². The van der Waals surface area contributed by atoms with Crippen LogP contribution in [0.25, 0.3) is 0 Å². The topological polar surface area (TPSA) is 38.3 Å². The number of carbonyl (C=O) groups excluding carboxylic acids is 1. The van der Waals surface area contributed by atoms with Crippen LogP contribution in [-0.2, 0) is 11.3 Å². The van der Waals surface area contributed by atoms with Gasteiger partial charge in [0.05, 0.1) is 12.7 Å². The lowest BCUT2D eigenvalue weighted by atomic mass is 10.1. The summed E-state index contributed by atoms with van der Waals surface area (Å²) < 4.78 is 18.2. The molecule has 0 bridgehead atoms. The SMILES string of the molecule is COC(=O)c1ccc(C)c(NCc2ccccc2F)c1. The fraction of sp³-hybridized carbons (Fsp3) is 0.188. The Morgan fingerprint density at radius 1 is 1.25 bits per heavy atom. The number of hydrogen-bond donors (Lipinski definition) is 1. The zero-order valence-electron chi connectivity index (χ0n) is 11.4. The number of halogens is 1. The van der Waals surface area contributed by atoms with Crippen molar-refractivity contribution in [2.24, 2.45) is 0 Å². The lowest BCUT2D eigenvalue weighted by Crippen LogP contribution is -2.06. The third-order valence-corrected chi connectivity index (χ3v) is 3.09. The molecule has 2 aromatic carbocycles. The highest BCUT2D eigenvalue weighted by Gasteiger charge is 2.08. The van der Waals surface area contributed by atoms with E-state index in [1.54, 1.807) is 30.3 Å². The number of carbonyl (C=O) groups is 1. The first-order valence-corrected chi connectivity index (χ1v) is 6.28. The van der Waals surface area contributed by atoms with E-state index >= 15 is 0 Å². The van der Waals surface area contributed by atoms with Crippen molar-refractivity contribution in [2.75, 3.05) is 12.4 Å². The van der Waals surface area contributed by atoms with Crippen LogP contribution < -0.4 is 5.32 Å². The minimum atomic E-state index is -0.390. The van der Waals surface area contributed by atoms with Crippen molar-refractivity contribution in [3.8, 4) is 0 Å². The average Bonchev–Trinajstić information content (AvgIpc) is 2.47. The van der Waals surface area contributed by atoms with Gasteiger partial charge in [0, 0.05) is 17.8 Å². The van der Waals surface area contributed by atoms with Gasteiger partial charge in [0.2, 0.25) is 0 Å². The molecule has 0 aliphatic rings. The largest absolute Gasteiger partial charge is 0.465 e. The molecule has 104 valence electrons. The minimum absolute atomic E-state index is 0.248. The van der Waals surface area contributed by atoms with E-state index in [9.17, 15) is 9.18 Å². The van der Waals surface area contributed by atoms with E-state index in [0.29, 0.717) is 17.7 Å². The summed E-state index contributed by atoms with van der Waals surface area (Å²) in [7, 11) is 1.34. The second kappa shape index (κ2) is 6.19. The van der Waals surface area contributed by atoms with Gasteiger partial charge in [0.15, 0.2) is 0 Å². The molecule has 20 heavy (non-hydrogen) atoms. The van der Waals surface area contributed by atoms with Crippen LogP contribution in [0.15, 0.2) is 42.5 Å². The van der Waals surface area contributed by atoms with Crippen molar-refractivity contribution in [1.82, 2.24) is 0 Å². The number of anilines is 1. The normalized spacial score (nSPS) is 10.2. The lowest BCUT2D eigenvalue weighted by molar-refractivity contribution is 0.0601. The summed E-state index contributed by atoms with van der Waals surface area (Å²) in [6.45, 7) is 2.28.